The Hall–Kier alpha value is -0.120. The zero-order valence-electron chi connectivity index (χ0n) is 12.0. The Bertz CT molecular complexity index is 277. The van der Waals surface area contributed by atoms with E-state index in [-0.39, 0.29) is 0 Å². The second-order valence-corrected chi connectivity index (χ2v) is 7.10. The van der Waals surface area contributed by atoms with E-state index < -0.39 is 0 Å². The molecule has 0 aromatic carbocycles. The summed E-state index contributed by atoms with van der Waals surface area (Å²) >= 11 is 0. The van der Waals surface area contributed by atoms with Crippen LogP contribution in [0.15, 0.2) is 0 Å². The smallest absolute Gasteiger partial charge is 0.0277 e. The molecule has 3 nitrogen and oxygen atoms in total. The summed E-state index contributed by atoms with van der Waals surface area (Å²) < 4.78 is 0. The summed E-state index contributed by atoms with van der Waals surface area (Å²) in [6.07, 6.45) is 3.84. The number of rotatable bonds is 2. The fourth-order valence-corrected chi connectivity index (χ4v) is 3.44. The van der Waals surface area contributed by atoms with Crippen LogP contribution < -0.4 is 5.73 Å². The molecule has 0 bridgehead atoms. The first-order valence-corrected chi connectivity index (χ1v) is 7.03. The summed E-state index contributed by atoms with van der Waals surface area (Å²) in [5.41, 5.74) is 6.94. The average molecular weight is 239 g/mol. The van der Waals surface area contributed by atoms with Gasteiger partial charge in [0.2, 0.25) is 0 Å². The minimum absolute atomic E-state index is 0.303. The highest BCUT2D eigenvalue weighted by molar-refractivity contribution is 4.96. The van der Waals surface area contributed by atoms with E-state index in [1.54, 1.807) is 0 Å². The van der Waals surface area contributed by atoms with Gasteiger partial charge in [0.05, 0.1) is 0 Å². The molecule has 1 saturated heterocycles. The first kappa shape index (κ1) is 13.3. The molecule has 2 N–H and O–H groups in total. The van der Waals surface area contributed by atoms with Crippen molar-refractivity contribution in [2.24, 2.45) is 11.1 Å². The first-order chi connectivity index (χ1) is 7.83. The van der Waals surface area contributed by atoms with E-state index in [9.17, 15) is 0 Å². The van der Waals surface area contributed by atoms with Gasteiger partial charge in [-0.2, -0.15) is 0 Å². The van der Waals surface area contributed by atoms with E-state index in [2.05, 4.69) is 37.6 Å². The van der Waals surface area contributed by atoms with Crippen molar-refractivity contribution in [3.05, 3.63) is 0 Å². The standard InChI is InChI=1S/C14H29N3/c1-13(2)10-17(9-8-16(13)4)11-14(3)7-5-6-12(14)15/h12H,5-11,15H2,1-4H3. The van der Waals surface area contributed by atoms with Crippen molar-refractivity contribution in [1.29, 1.82) is 0 Å². The second-order valence-electron chi connectivity index (χ2n) is 7.10. The Morgan fingerprint density at radius 1 is 1.24 bits per heavy atom. The van der Waals surface area contributed by atoms with Gasteiger partial charge in [-0.05, 0) is 39.2 Å². The summed E-state index contributed by atoms with van der Waals surface area (Å²) in [6.45, 7) is 11.8. The molecule has 0 amide bonds. The molecule has 1 aliphatic carbocycles. The van der Waals surface area contributed by atoms with Crippen molar-refractivity contribution in [3.8, 4) is 0 Å². The van der Waals surface area contributed by atoms with Crippen LogP contribution in [-0.2, 0) is 0 Å². The quantitative estimate of drug-likeness (QED) is 0.793. The number of nitrogens with zero attached hydrogens (tertiary/aromatic N) is 2. The number of hydrogen-bond donors (Lipinski definition) is 1. The van der Waals surface area contributed by atoms with Crippen molar-refractivity contribution in [2.75, 3.05) is 33.2 Å². The molecule has 0 aromatic heterocycles. The normalized spacial score (nSPS) is 39.7. The molecule has 2 rings (SSSR count). The van der Waals surface area contributed by atoms with Gasteiger partial charge < -0.3 is 5.73 Å². The minimum Gasteiger partial charge on any atom is -0.327 e. The molecular weight excluding hydrogens is 210 g/mol. The Kier molecular flexibility index (Phi) is 3.54. The Labute approximate surface area is 106 Å². The molecule has 0 spiro atoms. The zero-order valence-corrected chi connectivity index (χ0v) is 12.0. The van der Waals surface area contributed by atoms with Crippen LogP contribution >= 0.6 is 0 Å². The highest BCUT2D eigenvalue weighted by atomic mass is 15.3. The maximum Gasteiger partial charge on any atom is 0.0277 e. The van der Waals surface area contributed by atoms with E-state index in [4.69, 9.17) is 5.73 Å². The van der Waals surface area contributed by atoms with Crippen LogP contribution in [0.4, 0.5) is 0 Å². The van der Waals surface area contributed by atoms with Crippen molar-refractivity contribution >= 4 is 0 Å². The van der Waals surface area contributed by atoms with Crippen LogP contribution in [0.5, 0.6) is 0 Å². The first-order valence-electron chi connectivity index (χ1n) is 7.03. The minimum atomic E-state index is 0.303. The van der Waals surface area contributed by atoms with Crippen LogP contribution in [0.2, 0.25) is 0 Å². The van der Waals surface area contributed by atoms with E-state index in [1.807, 2.05) is 0 Å². The average Bonchev–Trinajstić information content (AvgIpc) is 2.53. The molecule has 2 aliphatic rings. The lowest BCUT2D eigenvalue weighted by Crippen LogP contribution is -2.59. The molecule has 1 saturated carbocycles. The van der Waals surface area contributed by atoms with Crippen LogP contribution in [0.1, 0.15) is 40.0 Å². The third-order valence-electron chi connectivity index (χ3n) is 5.14. The topological polar surface area (TPSA) is 32.5 Å². The van der Waals surface area contributed by atoms with Crippen molar-refractivity contribution in [1.82, 2.24) is 9.80 Å². The maximum absolute atomic E-state index is 6.29. The fourth-order valence-electron chi connectivity index (χ4n) is 3.44. The highest BCUT2D eigenvalue weighted by Crippen LogP contribution is 2.38. The molecule has 0 radical (unpaired) electrons. The van der Waals surface area contributed by atoms with Gasteiger partial charge in [-0.15, -0.1) is 0 Å². The summed E-state index contributed by atoms with van der Waals surface area (Å²) in [5, 5.41) is 0. The number of piperazine rings is 1. The zero-order chi connectivity index (χ0) is 12.7. The van der Waals surface area contributed by atoms with Crippen LogP contribution in [-0.4, -0.2) is 54.6 Å². The van der Waals surface area contributed by atoms with Gasteiger partial charge in [-0.25, -0.2) is 0 Å². The van der Waals surface area contributed by atoms with Gasteiger partial charge in [-0.3, -0.25) is 9.80 Å². The van der Waals surface area contributed by atoms with Gasteiger partial charge in [0.15, 0.2) is 0 Å². The number of likely N-dealkylation sites (N-methyl/N-ethyl adjacent to an activating group) is 1. The molecular formula is C14H29N3. The molecule has 0 aromatic rings. The summed E-state index contributed by atoms with van der Waals surface area (Å²) in [7, 11) is 2.24. The van der Waals surface area contributed by atoms with Gasteiger partial charge in [0.25, 0.3) is 0 Å². The van der Waals surface area contributed by atoms with E-state index in [1.165, 1.54) is 45.4 Å². The highest BCUT2D eigenvalue weighted by Gasteiger charge is 2.40. The predicted octanol–water partition coefficient (Wildman–Crippen LogP) is 1.53. The van der Waals surface area contributed by atoms with Crippen molar-refractivity contribution in [3.63, 3.8) is 0 Å². The molecule has 2 atom stereocenters. The third-order valence-corrected chi connectivity index (χ3v) is 5.14. The lowest BCUT2D eigenvalue weighted by atomic mass is 9.83. The molecule has 100 valence electrons. The SMILES string of the molecule is CN1CCN(CC2(C)CCCC2N)CC1(C)C. The predicted molar refractivity (Wildman–Crippen MR) is 73.1 cm³/mol. The molecule has 1 aliphatic heterocycles. The largest absolute Gasteiger partial charge is 0.327 e. The molecule has 2 unspecified atom stereocenters. The van der Waals surface area contributed by atoms with Gasteiger partial charge in [0.1, 0.15) is 0 Å². The van der Waals surface area contributed by atoms with Crippen LogP contribution in [0.3, 0.4) is 0 Å². The summed E-state index contributed by atoms with van der Waals surface area (Å²) in [6, 6.07) is 0.408. The van der Waals surface area contributed by atoms with Crippen molar-refractivity contribution < 1.29 is 0 Å². The molecule has 17 heavy (non-hydrogen) atoms. The Morgan fingerprint density at radius 3 is 2.47 bits per heavy atom. The molecule has 3 heteroatoms. The van der Waals surface area contributed by atoms with Gasteiger partial charge in [-0.1, -0.05) is 13.3 Å². The monoisotopic (exact) mass is 239 g/mol. The van der Waals surface area contributed by atoms with Crippen LogP contribution in [0.25, 0.3) is 0 Å². The number of nitrogens with two attached hydrogens (primary N) is 1. The van der Waals surface area contributed by atoms with Crippen LogP contribution in [0, 0.1) is 5.41 Å². The fraction of sp³-hybridized carbons (Fsp3) is 1.00. The van der Waals surface area contributed by atoms with Gasteiger partial charge in [0, 0.05) is 37.8 Å². The Balaban J connectivity index is 1.96. The van der Waals surface area contributed by atoms with Gasteiger partial charge >= 0.3 is 0 Å². The third kappa shape index (κ3) is 2.67. The van der Waals surface area contributed by atoms with E-state index in [0.29, 0.717) is 17.0 Å². The lowest BCUT2D eigenvalue weighted by molar-refractivity contribution is 0.0172. The number of hydrogen-bond acceptors (Lipinski definition) is 3. The molecule has 1 heterocycles. The maximum atomic E-state index is 6.29. The summed E-state index contributed by atoms with van der Waals surface area (Å²) in [5.74, 6) is 0. The second kappa shape index (κ2) is 4.52. The van der Waals surface area contributed by atoms with Crippen molar-refractivity contribution in [2.45, 2.75) is 51.6 Å². The summed E-state index contributed by atoms with van der Waals surface area (Å²) in [4.78, 5) is 5.10. The Morgan fingerprint density at radius 2 is 1.94 bits per heavy atom. The van der Waals surface area contributed by atoms with E-state index in [0.717, 1.165) is 0 Å². The van der Waals surface area contributed by atoms with E-state index >= 15 is 0 Å². The lowest BCUT2D eigenvalue weighted by Gasteiger charge is -2.48. The molecule has 2 fully saturated rings.